The first-order valence-corrected chi connectivity index (χ1v) is 11.0. The van der Waals surface area contributed by atoms with E-state index < -0.39 is 29.7 Å². The van der Waals surface area contributed by atoms with Crippen molar-refractivity contribution in [1.82, 2.24) is 20.4 Å². The van der Waals surface area contributed by atoms with Crippen molar-refractivity contribution in [3.05, 3.63) is 29.3 Å². The van der Waals surface area contributed by atoms with Gasteiger partial charge in [0.1, 0.15) is 6.04 Å². The highest BCUT2D eigenvalue weighted by Crippen LogP contribution is 2.34. The van der Waals surface area contributed by atoms with Crippen molar-refractivity contribution < 1.29 is 24.0 Å². The highest BCUT2D eigenvalue weighted by molar-refractivity contribution is 6.25. The number of rotatable bonds is 6. The van der Waals surface area contributed by atoms with Crippen molar-refractivity contribution in [3.8, 4) is 0 Å². The van der Waals surface area contributed by atoms with Crippen LogP contribution in [0.4, 0.5) is 5.69 Å². The first-order valence-electron chi connectivity index (χ1n) is 11.0. The van der Waals surface area contributed by atoms with Gasteiger partial charge in [-0.15, -0.1) is 0 Å². The number of hydrogen-bond donors (Lipinski definition) is 2. The zero-order chi connectivity index (χ0) is 22.8. The van der Waals surface area contributed by atoms with Gasteiger partial charge in [0.15, 0.2) is 0 Å². The summed E-state index contributed by atoms with van der Waals surface area (Å²) in [4.78, 5) is 67.0. The molecule has 0 saturated carbocycles. The van der Waals surface area contributed by atoms with Crippen LogP contribution in [0.25, 0.3) is 0 Å². The number of benzene rings is 1. The number of amides is 5. The number of imide groups is 2. The first-order chi connectivity index (χ1) is 15.4. The quantitative estimate of drug-likeness (QED) is 0.584. The van der Waals surface area contributed by atoms with Crippen LogP contribution >= 0.6 is 0 Å². The van der Waals surface area contributed by atoms with E-state index in [9.17, 15) is 24.0 Å². The van der Waals surface area contributed by atoms with Crippen LogP contribution < -0.4 is 15.5 Å². The maximum Gasteiger partial charge on any atom is 0.264 e. The molecule has 10 heteroatoms. The summed E-state index contributed by atoms with van der Waals surface area (Å²) in [7, 11) is 0. The Morgan fingerprint density at radius 3 is 2.53 bits per heavy atom. The number of piperazine rings is 1. The molecule has 0 bridgehead atoms. The molecule has 3 heterocycles. The average Bonchev–Trinajstić information content (AvgIpc) is 3.03. The summed E-state index contributed by atoms with van der Waals surface area (Å²) in [6, 6.07) is 4.20. The van der Waals surface area contributed by atoms with E-state index in [0.717, 1.165) is 18.0 Å². The van der Waals surface area contributed by atoms with Gasteiger partial charge in [-0.2, -0.15) is 0 Å². The molecule has 2 fully saturated rings. The second kappa shape index (κ2) is 9.07. The second-order valence-electron chi connectivity index (χ2n) is 8.18. The maximum atomic E-state index is 13.3. The zero-order valence-electron chi connectivity index (χ0n) is 18.1. The standard InChI is InChI=1S/C22H27N5O5/c1-2-23-17(28)8-9-25-10-12-26(13-11-25)15-5-3-4-14-19(15)22(32)27(21(14)31)16-6-7-18(29)24-20(16)30/h3-5,16H,2,6-13H2,1H3,(H,23,28)(H,24,29,30). The van der Waals surface area contributed by atoms with Gasteiger partial charge in [0.05, 0.1) is 16.8 Å². The summed E-state index contributed by atoms with van der Waals surface area (Å²) in [5.41, 5.74) is 1.29. The molecule has 32 heavy (non-hydrogen) atoms. The van der Waals surface area contributed by atoms with E-state index in [2.05, 4.69) is 20.4 Å². The molecular weight excluding hydrogens is 414 g/mol. The Balaban J connectivity index is 1.46. The molecule has 1 atom stereocenters. The topological polar surface area (TPSA) is 119 Å². The van der Waals surface area contributed by atoms with Crippen molar-refractivity contribution in [2.75, 3.05) is 44.2 Å². The molecule has 170 valence electrons. The minimum Gasteiger partial charge on any atom is -0.368 e. The lowest BCUT2D eigenvalue weighted by Crippen LogP contribution is -2.54. The van der Waals surface area contributed by atoms with Gasteiger partial charge in [-0.1, -0.05) is 6.07 Å². The molecule has 10 nitrogen and oxygen atoms in total. The number of carbonyl (C=O) groups excluding carboxylic acids is 5. The van der Waals surface area contributed by atoms with E-state index in [1.54, 1.807) is 12.1 Å². The van der Waals surface area contributed by atoms with Gasteiger partial charge in [-0.25, -0.2) is 0 Å². The normalized spacial score (nSPS) is 21.6. The summed E-state index contributed by atoms with van der Waals surface area (Å²) in [5.74, 6) is -1.96. The van der Waals surface area contributed by atoms with Gasteiger partial charge in [0, 0.05) is 52.1 Å². The fraction of sp³-hybridized carbons (Fsp3) is 0.500. The van der Waals surface area contributed by atoms with Crippen molar-refractivity contribution >= 4 is 35.2 Å². The summed E-state index contributed by atoms with van der Waals surface area (Å²) in [5, 5.41) is 5.01. The molecule has 3 aliphatic rings. The zero-order valence-corrected chi connectivity index (χ0v) is 18.1. The van der Waals surface area contributed by atoms with Crippen molar-refractivity contribution in [3.63, 3.8) is 0 Å². The van der Waals surface area contributed by atoms with Crippen molar-refractivity contribution in [2.45, 2.75) is 32.2 Å². The molecule has 1 aromatic carbocycles. The summed E-state index contributed by atoms with van der Waals surface area (Å²) in [6.07, 6.45) is 0.674. The third-order valence-corrected chi connectivity index (χ3v) is 6.19. The van der Waals surface area contributed by atoms with Crippen LogP contribution in [0.3, 0.4) is 0 Å². The molecule has 0 radical (unpaired) electrons. The summed E-state index contributed by atoms with van der Waals surface area (Å²) < 4.78 is 0. The van der Waals surface area contributed by atoms with E-state index in [4.69, 9.17) is 0 Å². The molecule has 0 spiro atoms. The Hall–Kier alpha value is -3.27. The number of piperidine rings is 1. The van der Waals surface area contributed by atoms with Crippen LogP contribution in [-0.4, -0.2) is 84.6 Å². The van der Waals surface area contributed by atoms with Gasteiger partial charge < -0.3 is 10.2 Å². The Morgan fingerprint density at radius 1 is 1.09 bits per heavy atom. The second-order valence-corrected chi connectivity index (χ2v) is 8.18. The summed E-state index contributed by atoms with van der Waals surface area (Å²) >= 11 is 0. The molecule has 5 amide bonds. The van der Waals surface area contributed by atoms with Gasteiger partial charge in [-0.3, -0.25) is 39.1 Å². The van der Waals surface area contributed by atoms with Gasteiger partial charge >= 0.3 is 0 Å². The number of anilines is 1. The Labute approximate surface area is 185 Å². The van der Waals surface area contributed by atoms with Crippen LogP contribution in [-0.2, 0) is 14.4 Å². The molecule has 1 unspecified atom stereocenters. The van der Waals surface area contributed by atoms with Crippen molar-refractivity contribution in [2.24, 2.45) is 0 Å². The first kappa shape index (κ1) is 21.9. The van der Waals surface area contributed by atoms with Gasteiger partial charge in [-0.05, 0) is 25.5 Å². The number of nitrogens with zero attached hydrogens (tertiary/aromatic N) is 3. The predicted molar refractivity (Wildman–Crippen MR) is 115 cm³/mol. The van der Waals surface area contributed by atoms with Gasteiger partial charge in [0.25, 0.3) is 11.8 Å². The number of hydrogen-bond acceptors (Lipinski definition) is 7. The molecule has 2 saturated heterocycles. The van der Waals surface area contributed by atoms with E-state index >= 15 is 0 Å². The smallest absolute Gasteiger partial charge is 0.264 e. The van der Waals surface area contributed by atoms with Crippen LogP contribution in [0.5, 0.6) is 0 Å². The number of carbonyl (C=O) groups is 5. The van der Waals surface area contributed by atoms with E-state index in [1.165, 1.54) is 0 Å². The highest BCUT2D eigenvalue weighted by Gasteiger charge is 2.46. The van der Waals surface area contributed by atoms with Crippen LogP contribution in [0.1, 0.15) is 46.9 Å². The fourth-order valence-electron chi connectivity index (χ4n) is 4.52. The van der Waals surface area contributed by atoms with E-state index in [0.29, 0.717) is 43.9 Å². The average molecular weight is 441 g/mol. The lowest BCUT2D eigenvalue weighted by Gasteiger charge is -2.36. The molecular formula is C22H27N5O5. The fourth-order valence-corrected chi connectivity index (χ4v) is 4.52. The van der Waals surface area contributed by atoms with E-state index in [-0.39, 0.29) is 24.3 Å². The monoisotopic (exact) mass is 441 g/mol. The van der Waals surface area contributed by atoms with Crippen molar-refractivity contribution in [1.29, 1.82) is 0 Å². The maximum absolute atomic E-state index is 13.3. The molecule has 3 aliphatic heterocycles. The van der Waals surface area contributed by atoms with Gasteiger partial charge in [0.2, 0.25) is 17.7 Å². The van der Waals surface area contributed by atoms with E-state index in [1.807, 2.05) is 13.0 Å². The minimum atomic E-state index is -0.973. The van der Waals surface area contributed by atoms with Crippen LogP contribution in [0.15, 0.2) is 18.2 Å². The molecule has 0 aliphatic carbocycles. The minimum absolute atomic E-state index is 0.0356. The Bertz CT molecular complexity index is 969. The SMILES string of the molecule is CCNC(=O)CCN1CCN(c2cccc3c2C(=O)N(C2CCC(=O)NC2=O)C3=O)CC1. The number of nitrogens with one attached hydrogen (secondary N) is 2. The third kappa shape index (κ3) is 4.10. The number of fused-ring (bicyclic) bond motifs is 1. The molecule has 2 N–H and O–H groups in total. The molecule has 4 rings (SSSR count). The summed E-state index contributed by atoms with van der Waals surface area (Å²) in [6.45, 7) is 5.98. The molecule has 0 aromatic heterocycles. The Kier molecular flexibility index (Phi) is 6.22. The Morgan fingerprint density at radius 2 is 1.84 bits per heavy atom. The predicted octanol–water partition coefficient (Wildman–Crippen LogP) is -0.264. The largest absolute Gasteiger partial charge is 0.368 e. The lowest BCUT2D eigenvalue weighted by molar-refractivity contribution is -0.136. The van der Waals surface area contributed by atoms with Crippen LogP contribution in [0.2, 0.25) is 0 Å². The molecule has 1 aromatic rings. The van der Waals surface area contributed by atoms with Crippen LogP contribution in [0, 0.1) is 0 Å². The lowest BCUT2D eigenvalue weighted by atomic mass is 10.0. The third-order valence-electron chi connectivity index (χ3n) is 6.19. The highest BCUT2D eigenvalue weighted by atomic mass is 16.2.